The Kier molecular flexibility index (Phi) is 3.73. The first-order valence-corrected chi connectivity index (χ1v) is 5.20. The molecular weight excluding hydrogens is 154 g/mol. The van der Waals surface area contributed by atoms with Gasteiger partial charge >= 0.3 is 0 Å². The van der Waals surface area contributed by atoms with Crippen LogP contribution in [0.25, 0.3) is 0 Å². The summed E-state index contributed by atoms with van der Waals surface area (Å²) in [6, 6.07) is 0.801. The molecule has 1 saturated carbocycles. The summed E-state index contributed by atoms with van der Waals surface area (Å²) in [5.74, 6) is 2.02. The van der Waals surface area contributed by atoms with E-state index in [-0.39, 0.29) is 0 Å². The van der Waals surface area contributed by atoms with Gasteiger partial charge in [0.25, 0.3) is 0 Å². The molecule has 0 heterocycles. The lowest BCUT2D eigenvalue weighted by atomic mass is 10.2. The fraction of sp³-hybridized carbons (Fsp3) is 1.00. The molecule has 0 amide bonds. The first-order chi connectivity index (χ1) is 5.25. The lowest BCUT2D eigenvalue weighted by molar-refractivity contribution is 0.236. The number of nitrogens with zero attached hydrogens (tertiary/aromatic N) is 1. The molecule has 1 aliphatic carbocycles. The monoisotopic (exact) mass is 173 g/mol. The van der Waals surface area contributed by atoms with Crippen LogP contribution in [-0.2, 0) is 0 Å². The van der Waals surface area contributed by atoms with Gasteiger partial charge in [-0.05, 0) is 51.4 Å². The molecule has 2 heteroatoms. The Balaban J connectivity index is 2.11. The van der Waals surface area contributed by atoms with Crippen LogP contribution >= 0.6 is 12.6 Å². The lowest BCUT2D eigenvalue weighted by Crippen LogP contribution is -2.31. The molecule has 1 atom stereocenters. The summed E-state index contributed by atoms with van der Waals surface area (Å²) >= 11 is 4.20. The minimum atomic E-state index is 0.801. The topological polar surface area (TPSA) is 3.24 Å². The van der Waals surface area contributed by atoms with Crippen LogP contribution in [0.1, 0.15) is 26.2 Å². The molecule has 0 bridgehead atoms. The van der Waals surface area contributed by atoms with Crippen molar-refractivity contribution in [1.29, 1.82) is 0 Å². The van der Waals surface area contributed by atoms with E-state index in [9.17, 15) is 0 Å². The number of hydrogen-bond acceptors (Lipinski definition) is 2. The van der Waals surface area contributed by atoms with Crippen LogP contribution < -0.4 is 0 Å². The minimum absolute atomic E-state index is 0.801. The molecule has 0 radical (unpaired) electrons. The Morgan fingerprint density at radius 3 is 2.64 bits per heavy atom. The predicted molar refractivity (Wildman–Crippen MR) is 53.3 cm³/mol. The molecular formula is C9H19NS. The van der Waals surface area contributed by atoms with E-state index < -0.39 is 0 Å². The fourth-order valence-electron chi connectivity index (χ4n) is 1.46. The summed E-state index contributed by atoms with van der Waals surface area (Å²) in [4.78, 5) is 2.47. The maximum Gasteiger partial charge on any atom is 0.00921 e. The highest BCUT2D eigenvalue weighted by molar-refractivity contribution is 7.80. The molecule has 1 fully saturated rings. The van der Waals surface area contributed by atoms with Crippen LogP contribution in [0.3, 0.4) is 0 Å². The SMILES string of the molecule is CC(C1CC1)N(C)CCCS. The molecule has 1 unspecified atom stereocenters. The molecule has 11 heavy (non-hydrogen) atoms. The summed E-state index contributed by atoms with van der Waals surface area (Å²) < 4.78 is 0. The van der Waals surface area contributed by atoms with E-state index in [1.54, 1.807) is 0 Å². The van der Waals surface area contributed by atoms with E-state index in [2.05, 4.69) is 31.5 Å². The predicted octanol–water partition coefficient (Wildman–Crippen LogP) is 2.04. The van der Waals surface area contributed by atoms with E-state index in [1.165, 1.54) is 25.8 Å². The van der Waals surface area contributed by atoms with E-state index >= 15 is 0 Å². The number of hydrogen-bond donors (Lipinski definition) is 1. The van der Waals surface area contributed by atoms with Gasteiger partial charge < -0.3 is 4.90 Å². The van der Waals surface area contributed by atoms with Crippen molar-refractivity contribution in [3.63, 3.8) is 0 Å². The van der Waals surface area contributed by atoms with Crippen molar-refractivity contribution in [3.8, 4) is 0 Å². The molecule has 1 rings (SSSR count). The van der Waals surface area contributed by atoms with Gasteiger partial charge in [-0.25, -0.2) is 0 Å². The van der Waals surface area contributed by atoms with Gasteiger partial charge in [-0.15, -0.1) is 0 Å². The molecule has 0 N–H and O–H groups in total. The van der Waals surface area contributed by atoms with Gasteiger partial charge in [-0.1, -0.05) is 0 Å². The molecule has 0 aromatic carbocycles. The Hall–Kier alpha value is 0.310. The lowest BCUT2D eigenvalue weighted by Gasteiger charge is -2.23. The second-order valence-corrected chi connectivity index (χ2v) is 4.08. The third-order valence-corrected chi connectivity index (χ3v) is 2.98. The van der Waals surface area contributed by atoms with Gasteiger partial charge in [0, 0.05) is 6.04 Å². The minimum Gasteiger partial charge on any atom is -0.303 e. The van der Waals surface area contributed by atoms with Crippen molar-refractivity contribution < 1.29 is 0 Å². The van der Waals surface area contributed by atoms with Gasteiger partial charge in [0.2, 0.25) is 0 Å². The van der Waals surface area contributed by atoms with Crippen molar-refractivity contribution in [2.24, 2.45) is 5.92 Å². The molecule has 1 nitrogen and oxygen atoms in total. The molecule has 0 saturated heterocycles. The molecule has 0 aliphatic heterocycles. The zero-order valence-electron chi connectivity index (χ0n) is 7.58. The zero-order valence-corrected chi connectivity index (χ0v) is 8.48. The molecule has 1 aliphatic rings. The molecule has 0 aromatic rings. The Morgan fingerprint density at radius 1 is 1.55 bits per heavy atom. The highest BCUT2D eigenvalue weighted by Gasteiger charge is 2.29. The summed E-state index contributed by atoms with van der Waals surface area (Å²) in [6.45, 7) is 3.55. The Morgan fingerprint density at radius 2 is 2.18 bits per heavy atom. The molecule has 0 spiro atoms. The second kappa shape index (κ2) is 4.36. The van der Waals surface area contributed by atoms with E-state index in [0.717, 1.165) is 17.7 Å². The quantitative estimate of drug-likeness (QED) is 0.623. The van der Waals surface area contributed by atoms with Gasteiger partial charge in [0.05, 0.1) is 0 Å². The van der Waals surface area contributed by atoms with Gasteiger partial charge in [0.1, 0.15) is 0 Å². The van der Waals surface area contributed by atoms with Crippen LogP contribution in [0.4, 0.5) is 0 Å². The van der Waals surface area contributed by atoms with Crippen molar-refractivity contribution >= 4 is 12.6 Å². The van der Waals surface area contributed by atoms with E-state index in [4.69, 9.17) is 0 Å². The van der Waals surface area contributed by atoms with E-state index in [0.29, 0.717) is 0 Å². The smallest absolute Gasteiger partial charge is 0.00921 e. The van der Waals surface area contributed by atoms with Gasteiger partial charge in [-0.2, -0.15) is 12.6 Å². The van der Waals surface area contributed by atoms with Crippen molar-refractivity contribution in [2.45, 2.75) is 32.2 Å². The van der Waals surface area contributed by atoms with Crippen molar-refractivity contribution in [2.75, 3.05) is 19.3 Å². The normalized spacial score (nSPS) is 20.7. The summed E-state index contributed by atoms with van der Waals surface area (Å²) in [5.41, 5.74) is 0. The maximum absolute atomic E-state index is 4.20. The Labute approximate surface area is 75.6 Å². The van der Waals surface area contributed by atoms with Crippen LogP contribution in [0.2, 0.25) is 0 Å². The highest BCUT2D eigenvalue weighted by Crippen LogP contribution is 2.34. The molecule has 66 valence electrons. The van der Waals surface area contributed by atoms with Crippen LogP contribution in [-0.4, -0.2) is 30.3 Å². The first-order valence-electron chi connectivity index (χ1n) is 4.57. The average molecular weight is 173 g/mol. The Bertz CT molecular complexity index is 112. The zero-order chi connectivity index (χ0) is 8.27. The number of thiol groups is 1. The van der Waals surface area contributed by atoms with Gasteiger partial charge in [0.15, 0.2) is 0 Å². The third-order valence-electron chi connectivity index (χ3n) is 2.67. The number of rotatable bonds is 5. The fourth-order valence-corrected chi connectivity index (χ4v) is 1.60. The first kappa shape index (κ1) is 9.40. The summed E-state index contributed by atoms with van der Waals surface area (Å²) in [7, 11) is 2.23. The van der Waals surface area contributed by atoms with Crippen molar-refractivity contribution in [3.05, 3.63) is 0 Å². The van der Waals surface area contributed by atoms with Crippen LogP contribution in [0.15, 0.2) is 0 Å². The second-order valence-electron chi connectivity index (χ2n) is 3.64. The van der Waals surface area contributed by atoms with E-state index in [1.807, 2.05) is 0 Å². The van der Waals surface area contributed by atoms with Crippen molar-refractivity contribution in [1.82, 2.24) is 4.90 Å². The van der Waals surface area contributed by atoms with Crippen LogP contribution in [0.5, 0.6) is 0 Å². The average Bonchev–Trinajstić information content (AvgIpc) is 2.81. The van der Waals surface area contributed by atoms with Crippen LogP contribution in [0, 0.1) is 5.92 Å². The third kappa shape index (κ3) is 3.04. The largest absolute Gasteiger partial charge is 0.303 e. The summed E-state index contributed by atoms with van der Waals surface area (Å²) in [6.07, 6.45) is 4.12. The highest BCUT2D eigenvalue weighted by atomic mass is 32.1. The standard InChI is InChI=1S/C9H19NS/c1-8(9-4-5-9)10(2)6-3-7-11/h8-9,11H,3-7H2,1-2H3. The summed E-state index contributed by atoms with van der Waals surface area (Å²) in [5, 5.41) is 0. The maximum atomic E-state index is 4.20. The molecule has 0 aromatic heterocycles. The van der Waals surface area contributed by atoms with Gasteiger partial charge in [-0.3, -0.25) is 0 Å².